The smallest absolute Gasteiger partial charge is 0.311 e. The van der Waals surface area contributed by atoms with Gasteiger partial charge in [-0.1, -0.05) is 27.7 Å². The van der Waals surface area contributed by atoms with Crippen LogP contribution in [-0.4, -0.2) is 47.7 Å². The molecule has 1 aliphatic rings. The van der Waals surface area contributed by atoms with E-state index in [4.69, 9.17) is 4.74 Å². The lowest BCUT2D eigenvalue weighted by Gasteiger charge is -2.33. The van der Waals surface area contributed by atoms with E-state index in [0.29, 0.717) is 13.2 Å². The molecule has 3 unspecified atom stereocenters. The number of aliphatic carboxylic acids is 1. The zero-order chi connectivity index (χ0) is 14.6. The maximum absolute atomic E-state index is 12.5. The molecular formula is C14H25NO4. The third-order valence-electron chi connectivity index (χ3n) is 3.91. The lowest BCUT2D eigenvalue weighted by atomic mass is 9.94. The van der Waals surface area contributed by atoms with E-state index in [2.05, 4.69) is 0 Å². The largest absolute Gasteiger partial charge is 0.481 e. The van der Waals surface area contributed by atoms with Gasteiger partial charge in [0.05, 0.1) is 19.3 Å². The SMILES string of the molecule is CCCN(C(=O)C(C)C(C)C)C1COCC1C(=O)O. The van der Waals surface area contributed by atoms with Gasteiger partial charge in [0.15, 0.2) is 0 Å². The first kappa shape index (κ1) is 16.0. The number of ether oxygens (including phenoxy) is 1. The second-order valence-electron chi connectivity index (χ2n) is 5.61. The molecule has 5 nitrogen and oxygen atoms in total. The Morgan fingerprint density at radius 2 is 1.95 bits per heavy atom. The summed E-state index contributed by atoms with van der Waals surface area (Å²) in [6, 6.07) is -0.328. The average molecular weight is 271 g/mol. The fourth-order valence-corrected chi connectivity index (χ4v) is 2.31. The lowest BCUT2D eigenvalue weighted by Crippen LogP contribution is -2.49. The third kappa shape index (κ3) is 3.69. The van der Waals surface area contributed by atoms with E-state index < -0.39 is 11.9 Å². The minimum Gasteiger partial charge on any atom is -0.481 e. The van der Waals surface area contributed by atoms with Crippen LogP contribution in [0, 0.1) is 17.8 Å². The number of hydrogen-bond acceptors (Lipinski definition) is 3. The van der Waals surface area contributed by atoms with Crippen LogP contribution in [0.1, 0.15) is 34.1 Å². The first-order valence-corrected chi connectivity index (χ1v) is 7.01. The molecule has 1 N–H and O–H groups in total. The quantitative estimate of drug-likeness (QED) is 0.797. The number of hydrogen-bond donors (Lipinski definition) is 1. The highest BCUT2D eigenvalue weighted by molar-refractivity contribution is 5.80. The van der Waals surface area contributed by atoms with Crippen LogP contribution in [0.2, 0.25) is 0 Å². The Kier molecular flexibility index (Phi) is 5.79. The molecule has 0 saturated carbocycles. The van der Waals surface area contributed by atoms with Gasteiger partial charge in [0, 0.05) is 12.5 Å². The normalized spacial score (nSPS) is 24.5. The van der Waals surface area contributed by atoms with Crippen molar-refractivity contribution in [1.29, 1.82) is 0 Å². The summed E-state index contributed by atoms with van der Waals surface area (Å²) in [5.74, 6) is -1.29. The molecule has 1 amide bonds. The molecule has 1 heterocycles. The van der Waals surface area contributed by atoms with Gasteiger partial charge in [0.1, 0.15) is 5.92 Å². The third-order valence-corrected chi connectivity index (χ3v) is 3.91. The minimum atomic E-state index is -0.881. The molecule has 0 aromatic heterocycles. The van der Waals surface area contributed by atoms with E-state index in [0.717, 1.165) is 6.42 Å². The summed E-state index contributed by atoms with van der Waals surface area (Å²) >= 11 is 0. The van der Waals surface area contributed by atoms with Crippen molar-refractivity contribution < 1.29 is 19.4 Å². The Hall–Kier alpha value is -1.10. The second kappa shape index (κ2) is 6.89. The van der Waals surface area contributed by atoms with E-state index >= 15 is 0 Å². The van der Waals surface area contributed by atoms with E-state index in [1.807, 2.05) is 27.7 Å². The zero-order valence-electron chi connectivity index (χ0n) is 12.3. The molecule has 19 heavy (non-hydrogen) atoms. The summed E-state index contributed by atoms with van der Waals surface area (Å²) in [4.78, 5) is 25.5. The summed E-state index contributed by atoms with van der Waals surface area (Å²) < 4.78 is 5.27. The monoisotopic (exact) mass is 271 g/mol. The van der Waals surface area contributed by atoms with Crippen LogP contribution in [0.4, 0.5) is 0 Å². The Labute approximate surface area is 114 Å². The van der Waals surface area contributed by atoms with Gasteiger partial charge in [-0.3, -0.25) is 9.59 Å². The first-order chi connectivity index (χ1) is 8.90. The van der Waals surface area contributed by atoms with Crippen molar-refractivity contribution in [3.8, 4) is 0 Å². The number of carboxylic acids is 1. The first-order valence-electron chi connectivity index (χ1n) is 7.01. The van der Waals surface area contributed by atoms with Gasteiger partial charge in [-0.2, -0.15) is 0 Å². The fourth-order valence-electron chi connectivity index (χ4n) is 2.31. The van der Waals surface area contributed by atoms with Crippen molar-refractivity contribution in [2.45, 2.75) is 40.2 Å². The molecule has 3 atom stereocenters. The molecule has 0 bridgehead atoms. The summed E-state index contributed by atoms with van der Waals surface area (Å²) in [6.45, 7) is 9.02. The Morgan fingerprint density at radius 3 is 2.42 bits per heavy atom. The van der Waals surface area contributed by atoms with Gasteiger partial charge in [0.25, 0.3) is 0 Å². The zero-order valence-corrected chi connectivity index (χ0v) is 12.3. The van der Waals surface area contributed by atoms with Gasteiger partial charge >= 0.3 is 5.97 Å². The molecule has 1 saturated heterocycles. The molecular weight excluding hydrogens is 246 g/mol. The highest BCUT2D eigenvalue weighted by atomic mass is 16.5. The topological polar surface area (TPSA) is 66.8 Å². The number of amides is 1. The van der Waals surface area contributed by atoms with Crippen molar-refractivity contribution in [1.82, 2.24) is 4.90 Å². The van der Waals surface area contributed by atoms with Crippen molar-refractivity contribution in [3.05, 3.63) is 0 Å². The molecule has 0 radical (unpaired) electrons. The predicted molar refractivity (Wildman–Crippen MR) is 71.7 cm³/mol. The van der Waals surface area contributed by atoms with E-state index in [1.54, 1.807) is 4.90 Å². The maximum atomic E-state index is 12.5. The molecule has 1 aliphatic heterocycles. The highest BCUT2D eigenvalue weighted by Gasteiger charge is 2.40. The summed E-state index contributed by atoms with van der Waals surface area (Å²) in [5, 5.41) is 9.21. The Morgan fingerprint density at radius 1 is 1.32 bits per heavy atom. The lowest BCUT2D eigenvalue weighted by molar-refractivity contribution is -0.146. The minimum absolute atomic E-state index is 0.0404. The number of carbonyl (C=O) groups excluding carboxylic acids is 1. The van der Waals surface area contributed by atoms with E-state index in [9.17, 15) is 14.7 Å². The summed E-state index contributed by atoms with van der Waals surface area (Å²) in [5.41, 5.74) is 0. The summed E-state index contributed by atoms with van der Waals surface area (Å²) in [7, 11) is 0. The van der Waals surface area contributed by atoms with Crippen molar-refractivity contribution in [2.24, 2.45) is 17.8 Å². The Bertz CT molecular complexity index is 329. The number of rotatable bonds is 6. The molecule has 0 aliphatic carbocycles. The van der Waals surface area contributed by atoms with Crippen molar-refractivity contribution >= 4 is 11.9 Å². The van der Waals surface area contributed by atoms with Crippen LogP contribution < -0.4 is 0 Å². The number of carbonyl (C=O) groups is 2. The van der Waals surface area contributed by atoms with Crippen molar-refractivity contribution in [3.63, 3.8) is 0 Å². The second-order valence-corrected chi connectivity index (χ2v) is 5.61. The van der Waals surface area contributed by atoms with Gasteiger partial charge < -0.3 is 14.7 Å². The van der Waals surface area contributed by atoms with Crippen LogP contribution in [0.5, 0.6) is 0 Å². The molecule has 1 fully saturated rings. The highest BCUT2D eigenvalue weighted by Crippen LogP contribution is 2.24. The van der Waals surface area contributed by atoms with Crippen LogP contribution in [-0.2, 0) is 14.3 Å². The van der Waals surface area contributed by atoms with Gasteiger partial charge in [-0.25, -0.2) is 0 Å². The van der Waals surface area contributed by atoms with Crippen LogP contribution in [0.15, 0.2) is 0 Å². The number of carboxylic acid groups (broad SMARTS) is 1. The van der Waals surface area contributed by atoms with Gasteiger partial charge in [0.2, 0.25) is 5.91 Å². The molecule has 0 aromatic rings. The van der Waals surface area contributed by atoms with Crippen LogP contribution in [0.3, 0.4) is 0 Å². The van der Waals surface area contributed by atoms with Gasteiger partial charge in [-0.05, 0) is 12.3 Å². The van der Waals surface area contributed by atoms with E-state index in [1.165, 1.54) is 0 Å². The van der Waals surface area contributed by atoms with Gasteiger partial charge in [-0.15, -0.1) is 0 Å². The molecule has 0 spiro atoms. The fraction of sp³-hybridized carbons (Fsp3) is 0.857. The average Bonchev–Trinajstić information content (AvgIpc) is 2.83. The molecule has 0 aromatic carbocycles. The van der Waals surface area contributed by atoms with Crippen LogP contribution >= 0.6 is 0 Å². The van der Waals surface area contributed by atoms with Crippen molar-refractivity contribution in [2.75, 3.05) is 19.8 Å². The van der Waals surface area contributed by atoms with Crippen LogP contribution in [0.25, 0.3) is 0 Å². The molecule has 1 rings (SSSR count). The Balaban J connectivity index is 2.87. The molecule has 5 heteroatoms. The van der Waals surface area contributed by atoms with E-state index in [-0.39, 0.29) is 30.4 Å². The predicted octanol–water partition coefficient (Wildman–Crippen LogP) is 1.62. The number of nitrogens with zero attached hydrogens (tertiary/aromatic N) is 1. The summed E-state index contributed by atoms with van der Waals surface area (Å²) in [6.07, 6.45) is 0.819. The standard InChI is InChI=1S/C14H25NO4/c1-5-6-15(13(16)10(4)9(2)3)12-8-19-7-11(12)14(17)18/h9-12H,5-8H2,1-4H3,(H,17,18). The maximum Gasteiger partial charge on any atom is 0.311 e. The molecule has 110 valence electrons.